The predicted octanol–water partition coefficient (Wildman–Crippen LogP) is 1.73. The number of hydrogen-bond donors (Lipinski definition) is 2. The number of nitrogens with zero attached hydrogens (tertiary/aromatic N) is 2. The molecule has 5 heteroatoms. The van der Waals surface area contributed by atoms with Gasteiger partial charge in [0.1, 0.15) is 5.84 Å². The Morgan fingerprint density at radius 1 is 1.50 bits per heavy atom. The van der Waals surface area contributed by atoms with Crippen molar-refractivity contribution >= 4 is 17.6 Å². The molecule has 0 bridgehead atoms. The summed E-state index contributed by atoms with van der Waals surface area (Å²) >= 11 is 2.06. The van der Waals surface area contributed by atoms with Gasteiger partial charge < -0.3 is 10.9 Å². The first kappa shape index (κ1) is 13.6. The van der Waals surface area contributed by atoms with Crippen molar-refractivity contribution in [2.75, 3.05) is 18.8 Å². The van der Waals surface area contributed by atoms with Crippen LogP contribution >= 0.6 is 11.8 Å². The van der Waals surface area contributed by atoms with Crippen molar-refractivity contribution in [2.24, 2.45) is 10.9 Å². The van der Waals surface area contributed by atoms with Gasteiger partial charge in [0.25, 0.3) is 0 Å². The first-order valence-corrected chi connectivity index (χ1v) is 7.02. The lowest BCUT2D eigenvalue weighted by atomic mass is 10.1. The number of amidine groups is 1. The molecule has 1 aliphatic heterocycles. The van der Waals surface area contributed by atoms with Crippen LogP contribution in [-0.2, 0) is 0 Å². The predicted molar refractivity (Wildman–Crippen MR) is 70.2 cm³/mol. The summed E-state index contributed by atoms with van der Waals surface area (Å²) in [6.07, 6.45) is 2.82. The third-order valence-corrected chi connectivity index (χ3v) is 4.61. The first-order valence-electron chi connectivity index (χ1n) is 5.97. The van der Waals surface area contributed by atoms with Gasteiger partial charge in [-0.15, -0.1) is 0 Å². The molecule has 94 valence electrons. The summed E-state index contributed by atoms with van der Waals surface area (Å²) < 4.78 is 0. The average Bonchev–Trinajstić information content (AvgIpc) is 2.29. The SMILES string of the molecule is CC1SCCN(CCCCC(N)=NO)C1C. The lowest BCUT2D eigenvalue weighted by Crippen LogP contribution is -2.44. The second-order valence-electron chi connectivity index (χ2n) is 4.40. The maximum absolute atomic E-state index is 8.41. The van der Waals surface area contributed by atoms with Crippen LogP contribution in [-0.4, -0.2) is 46.1 Å². The second kappa shape index (κ2) is 7.01. The van der Waals surface area contributed by atoms with Gasteiger partial charge in [-0.1, -0.05) is 12.1 Å². The Balaban J connectivity index is 2.17. The van der Waals surface area contributed by atoms with Crippen LogP contribution in [0.5, 0.6) is 0 Å². The molecule has 2 unspecified atom stereocenters. The van der Waals surface area contributed by atoms with Gasteiger partial charge in [-0.3, -0.25) is 4.90 Å². The number of oxime groups is 1. The third kappa shape index (κ3) is 4.22. The van der Waals surface area contributed by atoms with E-state index in [9.17, 15) is 0 Å². The van der Waals surface area contributed by atoms with Gasteiger partial charge in [-0.25, -0.2) is 0 Å². The molecule has 0 radical (unpaired) electrons. The largest absolute Gasteiger partial charge is 0.409 e. The number of thioether (sulfide) groups is 1. The number of unbranched alkanes of at least 4 members (excludes halogenated alkanes) is 1. The third-order valence-electron chi connectivity index (χ3n) is 3.27. The molecule has 16 heavy (non-hydrogen) atoms. The normalized spacial score (nSPS) is 28.2. The standard InChI is InChI=1S/C11H23N3OS/c1-9-10(2)16-8-7-14(9)6-4-3-5-11(12)13-15/h9-10,15H,3-8H2,1-2H3,(H2,12,13). The number of rotatable bonds is 5. The molecular weight excluding hydrogens is 222 g/mol. The Morgan fingerprint density at radius 3 is 2.94 bits per heavy atom. The number of hydrogen-bond acceptors (Lipinski definition) is 4. The van der Waals surface area contributed by atoms with Gasteiger partial charge in [0.15, 0.2) is 0 Å². The van der Waals surface area contributed by atoms with Crippen molar-refractivity contribution in [2.45, 2.75) is 44.4 Å². The van der Waals surface area contributed by atoms with E-state index in [1.54, 1.807) is 0 Å². The summed E-state index contributed by atoms with van der Waals surface area (Å²) in [6.45, 7) is 6.93. The van der Waals surface area contributed by atoms with Gasteiger partial charge >= 0.3 is 0 Å². The van der Waals surface area contributed by atoms with E-state index < -0.39 is 0 Å². The van der Waals surface area contributed by atoms with E-state index in [1.807, 2.05) is 0 Å². The molecule has 0 aliphatic carbocycles. The first-order chi connectivity index (χ1) is 7.65. The topological polar surface area (TPSA) is 61.8 Å². The van der Waals surface area contributed by atoms with E-state index in [4.69, 9.17) is 10.9 Å². The molecular formula is C11H23N3OS. The molecule has 0 aromatic heterocycles. The van der Waals surface area contributed by atoms with Crippen molar-refractivity contribution in [1.82, 2.24) is 4.90 Å². The summed E-state index contributed by atoms with van der Waals surface area (Å²) in [7, 11) is 0. The van der Waals surface area contributed by atoms with Gasteiger partial charge in [0, 0.05) is 30.0 Å². The Hall–Kier alpha value is -0.420. The quantitative estimate of drug-likeness (QED) is 0.255. The van der Waals surface area contributed by atoms with Gasteiger partial charge in [0.2, 0.25) is 0 Å². The van der Waals surface area contributed by atoms with E-state index in [0.29, 0.717) is 18.3 Å². The van der Waals surface area contributed by atoms with Crippen molar-refractivity contribution in [3.8, 4) is 0 Å². The lowest BCUT2D eigenvalue weighted by molar-refractivity contribution is 0.209. The molecule has 0 spiro atoms. The molecule has 1 aliphatic rings. The van der Waals surface area contributed by atoms with Gasteiger partial charge in [-0.2, -0.15) is 11.8 Å². The van der Waals surface area contributed by atoms with Crippen molar-refractivity contribution < 1.29 is 5.21 Å². The van der Waals surface area contributed by atoms with Gasteiger partial charge in [0.05, 0.1) is 0 Å². The van der Waals surface area contributed by atoms with Crippen molar-refractivity contribution in [3.63, 3.8) is 0 Å². The summed E-state index contributed by atoms with van der Waals surface area (Å²) in [4.78, 5) is 2.55. The van der Waals surface area contributed by atoms with Crippen LogP contribution < -0.4 is 5.73 Å². The van der Waals surface area contributed by atoms with Crippen LogP contribution in [0.4, 0.5) is 0 Å². The highest BCUT2D eigenvalue weighted by Gasteiger charge is 2.24. The molecule has 3 N–H and O–H groups in total. The molecule has 1 fully saturated rings. The smallest absolute Gasteiger partial charge is 0.139 e. The Bertz CT molecular complexity index is 235. The fourth-order valence-corrected chi connectivity index (χ4v) is 3.14. The molecule has 0 aromatic carbocycles. The maximum Gasteiger partial charge on any atom is 0.139 e. The lowest BCUT2D eigenvalue weighted by Gasteiger charge is -2.37. The zero-order valence-corrected chi connectivity index (χ0v) is 11.0. The van der Waals surface area contributed by atoms with Crippen molar-refractivity contribution in [1.29, 1.82) is 0 Å². The molecule has 0 saturated carbocycles. The molecule has 1 rings (SSSR count). The van der Waals surface area contributed by atoms with Crippen LogP contribution in [0.2, 0.25) is 0 Å². The Morgan fingerprint density at radius 2 is 2.25 bits per heavy atom. The monoisotopic (exact) mass is 245 g/mol. The summed E-state index contributed by atoms with van der Waals surface area (Å²) in [5, 5.41) is 12.1. The summed E-state index contributed by atoms with van der Waals surface area (Å²) in [5.41, 5.74) is 5.42. The minimum Gasteiger partial charge on any atom is -0.409 e. The fourth-order valence-electron chi connectivity index (χ4n) is 1.98. The summed E-state index contributed by atoms with van der Waals surface area (Å²) in [5.74, 6) is 1.58. The molecule has 1 heterocycles. The average molecular weight is 245 g/mol. The summed E-state index contributed by atoms with van der Waals surface area (Å²) in [6, 6.07) is 0.669. The van der Waals surface area contributed by atoms with Gasteiger partial charge in [-0.05, 0) is 26.3 Å². The van der Waals surface area contributed by atoms with Crippen LogP contribution in [0.1, 0.15) is 33.1 Å². The van der Waals surface area contributed by atoms with E-state index in [1.165, 1.54) is 12.3 Å². The van der Waals surface area contributed by atoms with E-state index in [2.05, 4.69) is 35.7 Å². The van der Waals surface area contributed by atoms with Crippen LogP contribution in [0.3, 0.4) is 0 Å². The highest BCUT2D eigenvalue weighted by molar-refractivity contribution is 8.00. The molecule has 4 nitrogen and oxygen atoms in total. The maximum atomic E-state index is 8.41. The van der Waals surface area contributed by atoms with Crippen molar-refractivity contribution in [3.05, 3.63) is 0 Å². The van der Waals surface area contributed by atoms with Crippen LogP contribution in [0.25, 0.3) is 0 Å². The van der Waals surface area contributed by atoms with Crippen LogP contribution in [0, 0.1) is 0 Å². The van der Waals surface area contributed by atoms with Crippen LogP contribution in [0.15, 0.2) is 5.16 Å². The number of nitrogens with two attached hydrogens (primary N) is 1. The Kier molecular flexibility index (Phi) is 5.98. The van der Waals surface area contributed by atoms with E-state index in [-0.39, 0.29) is 0 Å². The Labute approximate surface area is 102 Å². The molecule has 0 aromatic rings. The van der Waals surface area contributed by atoms with E-state index >= 15 is 0 Å². The van der Waals surface area contributed by atoms with E-state index in [0.717, 1.165) is 24.6 Å². The highest BCUT2D eigenvalue weighted by Crippen LogP contribution is 2.24. The fraction of sp³-hybridized carbons (Fsp3) is 0.909. The molecule has 2 atom stereocenters. The second-order valence-corrected chi connectivity index (χ2v) is 5.89. The zero-order valence-electron chi connectivity index (χ0n) is 10.2. The molecule has 1 saturated heterocycles. The minimum absolute atomic E-state index is 0.343. The zero-order chi connectivity index (χ0) is 12.0. The minimum atomic E-state index is 0.343. The highest BCUT2D eigenvalue weighted by atomic mass is 32.2. The molecule has 0 amide bonds.